The van der Waals surface area contributed by atoms with Gasteiger partial charge in [-0.05, 0) is 35.9 Å². The second kappa shape index (κ2) is 7.59. The molecule has 154 valence electrons. The zero-order valence-corrected chi connectivity index (χ0v) is 15.9. The lowest BCUT2D eigenvalue weighted by Gasteiger charge is -2.31. The number of carbonyl (C=O) groups is 1. The SMILES string of the molecule is COc1ccc(C2CC(=O)c3cc(N4CCNCC4)ccc3O2)cc1C(F)(F)F. The van der Waals surface area contributed by atoms with E-state index in [-0.39, 0.29) is 18.0 Å². The summed E-state index contributed by atoms with van der Waals surface area (Å²) in [6, 6.07) is 9.19. The van der Waals surface area contributed by atoms with Crippen molar-refractivity contribution in [3.8, 4) is 11.5 Å². The largest absolute Gasteiger partial charge is 0.496 e. The number of benzene rings is 2. The average Bonchev–Trinajstić information content (AvgIpc) is 2.73. The van der Waals surface area contributed by atoms with Gasteiger partial charge in [-0.2, -0.15) is 13.2 Å². The van der Waals surface area contributed by atoms with Crippen molar-refractivity contribution in [1.82, 2.24) is 5.32 Å². The van der Waals surface area contributed by atoms with Crippen molar-refractivity contribution < 1.29 is 27.4 Å². The van der Waals surface area contributed by atoms with E-state index in [1.54, 1.807) is 6.07 Å². The quantitative estimate of drug-likeness (QED) is 0.840. The van der Waals surface area contributed by atoms with Crippen LogP contribution in [-0.2, 0) is 6.18 Å². The van der Waals surface area contributed by atoms with Crippen LogP contribution in [0.5, 0.6) is 11.5 Å². The molecule has 4 rings (SSSR count). The highest BCUT2D eigenvalue weighted by molar-refractivity contribution is 6.01. The van der Waals surface area contributed by atoms with E-state index in [1.165, 1.54) is 19.2 Å². The molecule has 2 heterocycles. The van der Waals surface area contributed by atoms with Gasteiger partial charge in [0.1, 0.15) is 17.6 Å². The average molecular weight is 406 g/mol. The van der Waals surface area contributed by atoms with Gasteiger partial charge in [0.2, 0.25) is 0 Å². The van der Waals surface area contributed by atoms with E-state index in [2.05, 4.69) is 10.2 Å². The Kier molecular flexibility index (Phi) is 5.12. The minimum absolute atomic E-state index is 0.0123. The molecule has 0 bridgehead atoms. The molecule has 1 N–H and O–H groups in total. The molecule has 29 heavy (non-hydrogen) atoms. The van der Waals surface area contributed by atoms with E-state index in [0.717, 1.165) is 37.9 Å². The number of hydrogen-bond donors (Lipinski definition) is 1. The van der Waals surface area contributed by atoms with Crippen molar-refractivity contribution in [1.29, 1.82) is 0 Å². The van der Waals surface area contributed by atoms with E-state index in [1.807, 2.05) is 12.1 Å². The molecule has 0 spiro atoms. The Morgan fingerprint density at radius 3 is 2.59 bits per heavy atom. The van der Waals surface area contributed by atoms with Gasteiger partial charge < -0.3 is 19.7 Å². The number of carbonyl (C=O) groups excluding carboxylic acids is 1. The van der Waals surface area contributed by atoms with Gasteiger partial charge in [-0.15, -0.1) is 0 Å². The van der Waals surface area contributed by atoms with Crippen LogP contribution in [0.4, 0.5) is 18.9 Å². The monoisotopic (exact) mass is 406 g/mol. The summed E-state index contributed by atoms with van der Waals surface area (Å²) in [7, 11) is 1.19. The van der Waals surface area contributed by atoms with Gasteiger partial charge in [0.05, 0.1) is 24.7 Å². The zero-order chi connectivity index (χ0) is 20.6. The standard InChI is InChI=1S/C21H21F3N2O3/c1-28-19-4-2-13(10-16(19)21(22,23)24)20-12-17(27)15-11-14(3-5-18(15)29-20)26-8-6-25-7-9-26/h2-5,10-11,20,25H,6-9,12H2,1H3. The fourth-order valence-corrected chi connectivity index (χ4v) is 3.76. The highest BCUT2D eigenvalue weighted by Crippen LogP contribution is 2.41. The normalized spacial score (nSPS) is 19.5. The number of rotatable bonds is 3. The number of hydrogen-bond acceptors (Lipinski definition) is 5. The van der Waals surface area contributed by atoms with Crippen molar-refractivity contribution in [2.75, 3.05) is 38.2 Å². The summed E-state index contributed by atoms with van der Waals surface area (Å²) in [6.07, 6.45) is -5.34. The predicted octanol–water partition coefficient (Wildman–Crippen LogP) is 3.83. The molecule has 2 aromatic carbocycles. The fraction of sp³-hybridized carbons (Fsp3) is 0.381. The first-order valence-electron chi connectivity index (χ1n) is 9.41. The van der Waals surface area contributed by atoms with Crippen LogP contribution in [0.25, 0.3) is 0 Å². The number of Topliss-reactive ketones (excluding diaryl/α,β-unsaturated/α-hetero) is 1. The molecule has 1 fully saturated rings. The summed E-state index contributed by atoms with van der Waals surface area (Å²) < 4.78 is 50.7. The van der Waals surface area contributed by atoms with Crippen LogP contribution < -0.4 is 19.7 Å². The van der Waals surface area contributed by atoms with Gasteiger partial charge >= 0.3 is 6.18 Å². The summed E-state index contributed by atoms with van der Waals surface area (Å²) >= 11 is 0. The lowest BCUT2D eigenvalue weighted by molar-refractivity contribution is -0.138. The smallest absolute Gasteiger partial charge is 0.419 e. The molecular formula is C21H21F3N2O3. The molecule has 0 aromatic heterocycles. The maximum atomic E-state index is 13.3. The van der Waals surface area contributed by atoms with E-state index in [9.17, 15) is 18.0 Å². The number of ether oxygens (including phenoxy) is 2. The van der Waals surface area contributed by atoms with Crippen molar-refractivity contribution in [3.63, 3.8) is 0 Å². The molecule has 2 aromatic rings. The lowest BCUT2D eigenvalue weighted by atomic mass is 9.94. The van der Waals surface area contributed by atoms with Gasteiger partial charge in [0.25, 0.3) is 0 Å². The Balaban J connectivity index is 1.61. The van der Waals surface area contributed by atoms with Crippen LogP contribution >= 0.6 is 0 Å². The highest BCUT2D eigenvalue weighted by atomic mass is 19.4. The van der Waals surface area contributed by atoms with E-state index >= 15 is 0 Å². The number of alkyl halides is 3. The molecule has 0 radical (unpaired) electrons. The third kappa shape index (κ3) is 3.89. The van der Waals surface area contributed by atoms with Gasteiger partial charge in [-0.3, -0.25) is 4.79 Å². The first-order chi connectivity index (χ1) is 13.9. The number of anilines is 1. The molecule has 2 aliphatic rings. The summed E-state index contributed by atoms with van der Waals surface area (Å²) in [5, 5.41) is 3.28. The van der Waals surface area contributed by atoms with Crippen LogP contribution in [0.1, 0.15) is 34.0 Å². The Morgan fingerprint density at radius 1 is 1.14 bits per heavy atom. The minimum Gasteiger partial charge on any atom is -0.496 e. The van der Waals surface area contributed by atoms with Gasteiger partial charge in [-0.1, -0.05) is 6.07 Å². The second-order valence-electron chi connectivity index (χ2n) is 7.11. The molecule has 0 aliphatic carbocycles. The Labute approximate surface area is 166 Å². The summed E-state index contributed by atoms with van der Waals surface area (Å²) in [5.74, 6) is -0.00317. The number of fused-ring (bicyclic) bond motifs is 1. The van der Waals surface area contributed by atoms with Crippen molar-refractivity contribution in [3.05, 3.63) is 53.1 Å². The molecule has 1 unspecified atom stereocenters. The number of ketones is 1. The topological polar surface area (TPSA) is 50.8 Å². The fourth-order valence-electron chi connectivity index (χ4n) is 3.76. The molecular weight excluding hydrogens is 385 g/mol. The molecule has 8 heteroatoms. The molecule has 1 atom stereocenters. The van der Waals surface area contributed by atoms with Crippen molar-refractivity contribution in [2.24, 2.45) is 0 Å². The number of nitrogens with one attached hydrogen (secondary N) is 1. The number of methoxy groups -OCH3 is 1. The summed E-state index contributed by atoms with van der Waals surface area (Å²) in [5.41, 5.74) is 0.836. The van der Waals surface area contributed by atoms with Gasteiger partial charge in [-0.25, -0.2) is 0 Å². The minimum atomic E-state index is -4.56. The van der Waals surface area contributed by atoms with E-state index in [0.29, 0.717) is 16.9 Å². The van der Waals surface area contributed by atoms with Crippen molar-refractivity contribution >= 4 is 11.5 Å². The Bertz CT molecular complexity index is 924. The first-order valence-corrected chi connectivity index (χ1v) is 9.41. The Morgan fingerprint density at radius 2 is 1.90 bits per heavy atom. The molecule has 1 saturated heterocycles. The third-order valence-corrected chi connectivity index (χ3v) is 5.29. The molecule has 0 amide bonds. The first kappa shape index (κ1) is 19.6. The number of nitrogens with zero attached hydrogens (tertiary/aromatic N) is 1. The van der Waals surface area contributed by atoms with Crippen LogP contribution in [-0.4, -0.2) is 39.1 Å². The van der Waals surface area contributed by atoms with Crippen LogP contribution in [0.2, 0.25) is 0 Å². The highest BCUT2D eigenvalue weighted by Gasteiger charge is 2.36. The van der Waals surface area contributed by atoms with Crippen molar-refractivity contribution in [2.45, 2.75) is 18.7 Å². The maximum absolute atomic E-state index is 13.3. The van der Waals surface area contributed by atoms with Crippen LogP contribution in [0.15, 0.2) is 36.4 Å². The van der Waals surface area contributed by atoms with E-state index in [4.69, 9.17) is 9.47 Å². The van der Waals surface area contributed by atoms with Crippen LogP contribution in [0.3, 0.4) is 0 Å². The summed E-state index contributed by atoms with van der Waals surface area (Å²) in [4.78, 5) is 14.9. The lowest BCUT2D eigenvalue weighted by Crippen LogP contribution is -2.43. The molecule has 5 nitrogen and oxygen atoms in total. The zero-order valence-electron chi connectivity index (χ0n) is 15.9. The predicted molar refractivity (Wildman–Crippen MR) is 102 cm³/mol. The van der Waals surface area contributed by atoms with Gasteiger partial charge in [0, 0.05) is 31.9 Å². The third-order valence-electron chi connectivity index (χ3n) is 5.29. The number of halogens is 3. The Hall–Kier alpha value is -2.74. The number of piperazine rings is 1. The second-order valence-corrected chi connectivity index (χ2v) is 7.11. The maximum Gasteiger partial charge on any atom is 0.419 e. The molecule has 2 aliphatic heterocycles. The summed E-state index contributed by atoms with van der Waals surface area (Å²) in [6.45, 7) is 3.45. The van der Waals surface area contributed by atoms with Gasteiger partial charge in [0.15, 0.2) is 5.78 Å². The molecule has 0 saturated carbocycles. The van der Waals surface area contributed by atoms with Crippen LogP contribution in [0, 0.1) is 0 Å². The van der Waals surface area contributed by atoms with E-state index < -0.39 is 17.8 Å².